The summed E-state index contributed by atoms with van der Waals surface area (Å²) in [5, 5.41) is 0. The Hall–Kier alpha value is -0.650. The van der Waals surface area contributed by atoms with Crippen molar-refractivity contribution in [1.82, 2.24) is 0 Å². The number of esters is 1. The van der Waals surface area contributed by atoms with E-state index in [0.717, 1.165) is 32.1 Å². The van der Waals surface area contributed by atoms with Gasteiger partial charge in [-0.15, -0.1) is 0 Å². The van der Waals surface area contributed by atoms with Crippen molar-refractivity contribution < 1.29 is 9.53 Å². The average molecular weight is 420 g/mol. The van der Waals surface area contributed by atoms with Gasteiger partial charge in [0.1, 0.15) is 0 Å². The molecule has 4 aliphatic carbocycles. The summed E-state index contributed by atoms with van der Waals surface area (Å²) in [6, 6.07) is 0.843. The van der Waals surface area contributed by atoms with E-state index in [0.29, 0.717) is 53.4 Å². The highest BCUT2D eigenvalue weighted by molar-refractivity contribution is 5.69. The summed E-state index contributed by atoms with van der Waals surface area (Å²) in [6.07, 6.45) is 9.63. The van der Waals surface area contributed by atoms with Gasteiger partial charge in [-0.1, -0.05) is 20.8 Å². The minimum absolute atomic E-state index is 0.0988. The molecule has 4 rings (SSSR count). The standard InChI is InChI=1S/C25H45N3O2/c1-14(5-8-22(29)30-4)17-6-7-18-23-19(13-21(28)25(17,18)3)24(2)10-9-16(26)11-15(24)12-20(23)27/h14-21,23H,5-13,26-28H2,1-4H3/t14-,15?,16-,17-,18+,19+,20-,21+,23+,24+,25-/m1/s1. The first-order valence-electron chi connectivity index (χ1n) is 12.5. The lowest BCUT2D eigenvalue weighted by Crippen LogP contribution is -2.65. The van der Waals surface area contributed by atoms with Crippen molar-refractivity contribution in [3.8, 4) is 0 Å². The highest BCUT2D eigenvalue weighted by atomic mass is 16.5. The molecule has 0 bridgehead atoms. The Morgan fingerprint density at radius 3 is 2.50 bits per heavy atom. The number of carbonyl (C=O) groups is 1. The summed E-state index contributed by atoms with van der Waals surface area (Å²) >= 11 is 0. The van der Waals surface area contributed by atoms with Crippen LogP contribution in [0, 0.1) is 46.3 Å². The second kappa shape index (κ2) is 8.04. The van der Waals surface area contributed by atoms with Gasteiger partial charge in [-0.05, 0) is 97.7 Å². The third kappa shape index (κ3) is 3.34. The zero-order valence-electron chi connectivity index (χ0n) is 19.6. The summed E-state index contributed by atoms with van der Waals surface area (Å²) in [5.41, 5.74) is 20.9. The molecule has 1 unspecified atom stereocenters. The fraction of sp³-hybridized carbons (Fsp3) is 0.960. The third-order valence-corrected chi connectivity index (χ3v) is 10.8. The summed E-state index contributed by atoms with van der Waals surface area (Å²) in [7, 11) is 1.48. The molecule has 172 valence electrons. The highest BCUT2D eigenvalue weighted by Crippen LogP contribution is 2.67. The van der Waals surface area contributed by atoms with E-state index in [4.69, 9.17) is 21.9 Å². The SMILES string of the molecule is COC(=O)CC[C@@H](C)[C@H]1CC[C@H]2[C@@H]3[C@H](N)CC4C[C@H](N)CC[C@]4(C)[C@H]3C[C@H](N)[C@]12C. The van der Waals surface area contributed by atoms with E-state index in [2.05, 4.69) is 20.8 Å². The first-order valence-corrected chi connectivity index (χ1v) is 12.5. The second-order valence-corrected chi connectivity index (χ2v) is 11.9. The van der Waals surface area contributed by atoms with Crippen LogP contribution in [0.2, 0.25) is 0 Å². The molecule has 0 radical (unpaired) electrons. The zero-order chi connectivity index (χ0) is 21.8. The van der Waals surface area contributed by atoms with Crippen LogP contribution < -0.4 is 17.2 Å². The molecule has 4 aliphatic rings. The number of methoxy groups -OCH3 is 1. The van der Waals surface area contributed by atoms with Crippen molar-refractivity contribution in [3.05, 3.63) is 0 Å². The molecule has 30 heavy (non-hydrogen) atoms. The van der Waals surface area contributed by atoms with Gasteiger partial charge < -0.3 is 21.9 Å². The Kier molecular flexibility index (Phi) is 6.04. The average Bonchev–Trinajstić information content (AvgIpc) is 3.06. The summed E-state index contributed by atoms with van der Waals surface area (Å²) < 4.78 is 4.88. The monoisotopic (exact) mass is 419 g/mol. The van der Waals surface area contributed by atoms with Crippen LogP contribution in [0.15, 0.2) is 0 Å². The predicted molar refractivity (Wildman–Crippen MR) is 120 cm³/mol. The van der Waals surface area contributed by atoms with Crippen LogP contribution in [0.4, 0.5) is 0 Å². The molecule has 0 aromatic carbocycles. The van der Waals surface area contributed by atoms with Gasteiger partial charge in [0, 0.05) is 24.5 Å². The van der Waals surface area contributed by atoms with E-state index in [1.165, 1.54) is 26.4 Å². The quantitative estimate of drug-likeness (QED) is 0.606. The molecule has 4 saturated carbocycles. The van der Waals surface area contributed by atoms with E-state index in [9.17, 15) is 4.79 Å². The summed E-state index contributed by atoms with van der Waals surface area (Å²) in [6.45, 7) is 7.32. The Morgan fingerprint density at radius 1 is 1.07 bits per heavy atom. The third-order valence-electron chi connectivity index (χ3n) is 10.8. The number of ether oxygens (including phenoxy) is 1. The van der Waals surface area contributed by atoms with Gasteiger partial charge in [-0.2, -0.15) is 0 Å². The number of rotatable bonds is 4. The zero-order valence-corrected chi connectivity index (χ0v) is 19.6. The maximum atomic E-state index is 11.7. The molecule has 5 heteroatoms. The molecular formula is C25H45N3O2. The fourth-order valence-corrected chi connectivity index (χ4v) is 9.02. The highest BCUT2D eigenvalue weighted by Gasteiger charge is 2.64. The van der Waals surface area contributed by atoms with Crippen LogP contribution >= 0.6 is 0 Å². The number of fused-ring (bicyclic) bond motifs is 5. The van der Waals surface area contributed by atoms with Gasteiger partial charge in [0.05, 0.1) is 7.11 Å². The minimum atomic E-state index is -0.0988. The van der Waals surface area contributed by atoms with E-state index >= 15 is 0 Å². The molecule has 0 spiro atoms. The Labute approximate surface area is 183 Å². The number of hydrogen-bond acceptors (Lipinski definition) is 5. The molecular weight excluding hydrogens is 374 g/mol. The maximum absolute atomic E-state index is 11.7. The smallest absolute Gasteiger partial charge is 0.305 e. The van der Waals surface area contributed by atoms with Crippen molar-refractivity contribution in [2.75, 3.05) is 7.11 Å². The maximum Gasteiger partial charge on any atom is 0.305 e. The molecule has 0 aliphatic heterocycles. The summed E-state index contributed by atoms with van der Waals surface area (Å²) in [5.74, 6) is 3.45. The van der Waals surface area contributed by atoms with Gasteiger partial charge in [0.15, 0.2) is 0 Å². The molecule has 0 aromatic heterocycles. The minimum Gasteiger partial charge on any atom is -0.469 e. The van der Waals surface area contributed by atoms with Crippen LogP contribution in [0.5, 0.6) is 0 Å². The molecule has 0 amide bonds. The van der Waals surface area contributed by atoms with Crippen molar-refractivity contribution in [1.29, 1.82) is 0 Å². The summed E-state index contributed by atoms with van der Waals surface area (Å²) in [4.78, 5) is 11.7. The number of carbonyl (C=O) groups excluding carboxylic acids is 1. The lowest BCUT2D eigenvalue weighted by atomic mass is 9.42. The van der Waals surface area contributed by atoms with Crippen LogP contribution in [0.1, 0.15) is 78.6 Å². The Morgan fingerprint density at radius 2 is 1.80 bits per heavy atom. The lowest BCUT2D eigenvalue weighted by Gasteiger charge is -2.64. The first-order chi connectivity index (χ1) is 14.1. The molecule has 0 aromatic rings. The van der Waals surface area contributed by atoms with Crippen molar-refractivity contribution in [2.24, 2.45) is 63.5 Å². The number of hydrogen-bond donors (Lipinski definition) is 3. The van der Waals surface area contributed by atoms with Crippen molar-refractivity contribution in [3.63, 3.8) is 0 Å². The molecule has 5 nitrogen and oxygen atoms in total. The first kappa shape index (κ1) is 22.5. The lowest BCUT2D eigenvalue weighted by molar-refractivity contribution is -0.142. The van der Waals surface area contributed by atoms with Gasteiger partial charge in [0.2, 0.25) is 0 Å². The van der Waals surface area contributed by atoms with Crippen LogP contribution in [-0.4, -0.2) is 31.2 Å². The second-order valence-electron chi connectivity index (χ2n) is 11.9. The molecule has 6 N–H and O–H groups in total. The van der Waals surface area contributed by atoms with Crippen LogP contribution in [0.3, 0.4) is 0 Å². The molecule has 4 fully saturated rings. The van der Waals surface area contributed by atoms with E-state index in [1.54, 1.807) is 0 Å². The van der Waals surface area contributed by atoms with Crippen molar-refractivity contribution >= 4 is 5.97 Å². The fourth-order valence-electron chi connectivity index (χ4n) is 9.02. The topological polar surface area (TPSA) is 104 Å². The van der Waals surface area contributed by atoms with E-state index in [-0.39, 0.29) is 23.5 Å². The normalized spacial score (nSPS) is 51.4. The van der Waals surface area contributed by atoms with Crippen LogP contribution in [0.25, 0.3) is 0 Å². The van der Waals surface area contributed by atoms with Crippen molar-refractivity contribution in [2.45, 2.75) is 96.7 Å². The molecule has 0 saturated heterocycles. The van der Waals surface area contributed by atoms with Gasteiger partial charge in [-0.25, -0.2) is 0 Å². The van der Waals surface area contributed by atoms with Crippen LogP contribution in [-0.2, 0) is 9.53 Å². The van der Waals surface area contributed by atoms with E-state index in [1.807, 2.05) is 0 Å². The predicted octanol–water partition coefficient (Wildman–Crippen LogP) is 3.44. The van der Waals surface area contributed by atoms with Gasteiger partial charge >= 0.3 is 5.97 Å². The molecule has 0 heterocycles. The molecule has 11 atom stereocenters. The Balaban J connectivity index is 1.58. The largest absolute Gasteiger partial charge is 0.469 e. The Bertz CT molecular complexity index is 656. The van der Waals surface area contributed by atoms with Gasteiger partial charge in [0.25, 0.3) is 0 Å². The van der Waals surface area contributed by atoms with Gasteiger partial charge in [-0.3, -0.25) is 4.79 Å². The number of nitrogens with two attached hydrogens (primary N) is 3. The van der Waals surface area contributed by atoms with E-state index < -0.39 is 0 Å².